The summed E-state index contributed by atoms with van der Waals surface area (Å²) in [6.07, 6.45) is 2.27. The molecule has 5 nitrogen and oxygen atoms in total. The van der Waals surface area contributed by atoms with Gasteiger partial charge in [-0.1, -0.05) is 30.3 Å². The van der Waals surface area contributed by atoms with Crippen molar-refractivity contribution in [1.82, 2.24) is 10.6 Å². The van der Waals surface area contributed by atoms with Gasteiger partial charge in [-0.25, -0.2) is 4.79 Å². The van der Waals surface area contributed by atoms with Crippen LogP contribution in [0.3, 0.4) is 0 Å². The molecule has 1 heterocycles. The fourth-order valence-corrected chi connectivity index (χ4v) is 3.38. The van der Waals surface area contributed by atoms with Crippen molar-refractivity contribution in [1.29, 1.82) is 0 Å². The SMILES string of the molecule is COc1ccc(C(NC(=O)NC(C)c2cc3ccccc3o2)C2CC2)cc1. The first-order chi connectivity index (χ1) is 13.1. The fraction of sp³-hybridized carbons (Fsp3) is 0.318. The third-order valence-corrected chi connectivity index (χ3v) is 5.07. The molecule has 1 aliphatic carbocycles. The van der Waals surface area contributed by atoms with E-state index in [0.29, 0.717) is 5.92 Å². The molecule has 1 saturated carbocycles. The molecule has 2 aromatic carbocycles. The van der Waals surface area contributed by atoms with Gasteiger partial charge in [0.1, 0.15) is 17.1 Å². The summed E-state index contributed by atoms with van der Waals surface area (Å²) < 4.78 is 11.1. The summed E-state index contributed by atoms with van der Waals surface area (Å²) in [7, 11) is 1.65. The van der Waals surface area contributed by atoms with Crippen LogP contribution in [0, 0.1) is 5.92 Å². The van der Waals surface area contributed by atoms with E-state index in [2.05, 4.69) is 10.6 Å². The predicted octanol–water partition coefficient (Wildman–Crippen LogP) is 4.95. The number of para-hydroxylation sites is 1. The number of urea groups is 1. The van der Waals surface area contributed by atoms with Crippen LogP contribution in [-0.2, 0) is 0 Å². The molecular weight excluding hydrogens is 340 g/mol. The van der Waals surface area contributed by atoms with Crippen LogP contribution in [0.5, 0.6) is 5.75 Å². The topological polar surface area (TPSA) is 63.5 Å². The number of amides is 2. The molecule has 1 fully saturated rings. The molecule has 2 N–H and O–H groups in total. The van der Waals surface area contributed by atoms with Gasteiger partial charge in [-0.2, -0.15) is 0 Å². The average Bonchev–Trinajstić information content (AvgIpc) is 3.43. The highest BCUT2D eigenvalue weighted by molar-refractivity contribution is 5.78. The van der Waals surface area contributed by atoms with Crippen molar-refractivity contribution in [2.24, 2.45) is 5.92 Å². The summed E-state index contributed by atoms with van der Waals surface area (Å²) in [4.78, 5) is 12.6. The summed E-state index contributed by atoms with van der Waals surface area (Å²) in [6.45, 7) is 1.93. The number of ether oxygens (including phenoxy) is 1. The van der Waals surface area contributed by atoms with Gasteiger partial charge in [0, 0.05) is 5.39 Å². The monoisotopic (exact) mass is 364 g/mol. The number of hydrogen-bond acceptors (Lipinski definition) is 3. The third-order valence-electron chi connectivity index (χ3n) is 5.07. The third kappa shape index (κ3) is 3.92. The second kappa shape index (κ2) is 7.35. The largest absolute Gasteiger partial charge is 0.497 e. The summed E-state index contributed by atoms with van der Waals surface area (Å²) in [5, 5.41) is 7.17. The summed E-state index contributed by atoms with van der Waals surface area (Å²) in [6, 6.07) is 17.3. The Balaban J connectivity index is 1.43. The predicted molar refractivity (Wildman–Crippen MR) is 105 cm³/mol. The quantitative estimate of drug-likeness (QED) is 0.650. The standard InChI is InChI=1S/C22H24N2O3/c1-14(20-13-17-5-3-4-6-19(17)27-20)23-22(25)24-21(15-7-8-15)16-9-11-18(26-2)12-10-16/h3-6,9-15,21H,7-8H2,1-2H3,(H2,23,24,25). The van der Waals surface area contributed by atoms with Gasteiger partial charge >= 0.3 is 6.03 Å². The van der Waals surface area contributed by atoms with Gasteiger partial charge in [0.05, 0.1) is 19.2 Å². The molecule has 0 saturated heterocycles. The van der Waals surface area contributed by atoms with Crippen LogP contribution < -0.4 is 15.4 Å². The van der Waals surface area contributed by atoms with E-state index in [1.54, 1.807) is 7.11 Å². The van der Waals surface area contributed by atoms with Crippen molar-refractivity contribution in [2.45, 2.75) is 31.8 Å². The van der Waals surface area contributed by atoms with E-state index in [1.165, 1.54) is 0 Å². The second-order valence-corrected chi connectivity index (χ2v) is 7.11. The van der Waals surface area contributed by atoms with E-state index in [-0.39, 0.29) is 18.1 Å². The van der Waals surface area contributed by atoms with Crippen molar-refractivity contribution in [2.75, 3.05) is 7.11 Å². The van der Waals surface area contributed by atoms with Crippen LogP contribution in [0.15, 0.2) is 59.0 Å². The zero-order chi connectivity index (χ0) is 18.8. The van der Waals surface area contributed by atoms with Crippen molar-refractivity contribution in [3.8, 4) is 5.75 Å². The van der Waals surface area contributed by atoms with Gasteiger partial charge in [0.15, 0.2) is 0 Å². The first-order valence-electron chi connectivity index (χ1n) is 9.33. The Kier molecular flexibility index (Phi) is 4.75. The van der Waals surface area contributed by atoms with Crippen molar-refractivity contribution >= 4 is 17.0 Å². The minimum absolute atomic E-state index is 0.0128. The molecule has 3 aromatic rings. The summed E-state index contributed by atoms with van der Waals surface area (Å²) in [5.74, 6) is 2.06. The Bertz CT molecular complexity index is 895. The number of fused-ring (bicyclic) bond motifs is 1. The average molecular weight is 364 g/mol. The minimum Gasteiger partial charge on any atom is -0.497 e. The van der Waals surface area contributed by atoms with E-state index in [1.807, 2.05) is 61.5 Å². The molecule has 1 aromatic heterocycles. The van der Waals surface area contributed by atoms with Crippen LogP contribution >= 0.6 is 0 Å². The number of carbonyl (C=O) groups is 1. The molecule has 2 amide bonds. The van der Waals surface area contributed by atoms with E-state index in [9.17, 15) is 4.79 Å². The molecule has 0 spiro atoms. The maximum Gasteiger partial charge on any atom is 0.315 e. The van der Waals surface area contributed by atoms with Gasteiger partial charge in [0.2, 0.25) is 0 Å². The van der Waals surface area contributed by atoms with Gasteiger partial charge in [-0.05, 0) is 55.5 Å². The Morgan fingerprint density at radius 1 is 1.11 bits per heavy atom. The van der Waals surface area contributed by atoms with Crippen molar-refractivity contribution < 1.29 is 13.9 Å². The molecule has 5 heteroatoms. The van der Waals surface area contributed by atoms with Crippen LogP contribution in [0.1, 0.15) is 43.2 Å². The number of methoxy groups -OCH3 is 1. The van der Waals surface area contributed by atoms with Crippen molar-refractivity contribution in [3.05, 3.63) is 65.9 Å². The molecule has 2 unspecified atom stereocenters. The zero-order valence-electron chi connectivity index (χ0n) is 15.6. The van der Waals surface area contributed by atoms with E-state index < -0.39 is 0 Å². The molecule has 140 valence electrons. The maximum atomic E-state index is 12.6. The molecule has 0 radical (unpaired) electrons. The Morgan fingerprint density at radius 3 is 2.52 bits per heavy atom. The highest BCUT2D eigenvalue weighted by atomic mass is 16.5. The van der Waals surface area contributed by atoms with Crippen LogP contribution in [-0.4, -0.2) is 13.1 Å². The van der Waals surface area contributed by atoms with E-state index in [0.717, 1.165) is 40.9 Å². The molecule has 27 heavy (non-hydrogen) atoms. The highest BCUT2D eigenvalue weighted by Crippen LogP contribution is 2.41. The smallest absolute Gasteiger partial charge is 0.315 e. The lowest BCUT2D eigenvalue weighted by Crippen LogP contribution is -2.39. The minimum atomic E-state index is -0.215. The Hall–Kier alpha value is -2.95. The first kappa shape index (κ1) is 17.5. The first-order valence-corrected chi connectivity index (χ1v) is 9.33. The van der Waals surface area contributed by atoms with Gasteiger partial charge in [-0.15, -0.1) is 0 Å². The lowest BCUT2D eigenvalue weighted by atomic mass is 10.0. The maximum absolute atomic E-state index is 12.6. The highest BCUT2D eigenvalue weighted by Gasteiger charge is 2.33. The molecule has 0 aliphatic heterocycles. The normalized spacial score (nSPS) is 15.9. The zero-order valence-corrected chi connectivity index (χ0v) is 15.6. The number of rotatable bonds is 6. The number of hydrogen-bond donors (Lipinski definition) is 2. The number of benzene rings is 2. The van der Waals surface area contributed by atoms with Gasteiger partial charge < -0.3 is 19.8 Å². The Labute approximate surface area is 158 Å². The molecular formula is C22H24N2O3. The van der Waals surface area contributed by atoms with E-state index in [4.69, 9.17) is 9.15 Å². The Morgan fingerprint density at radius 2 is 1.85 bits per heavy atom. The van der Waals surface area contributed by atoms with Gasteiger partial charge in [0.25, 0.3) is 0 Å². The van der Waals surface area contributed by atoms with Crippen molar-refractivity contribution in [3.63, 3.8) is 0 Å². The molecule has 4 rings (SSSR count). The molecule has 2 atom stereocenters. The summed E-state index contributed by atoms with van der Waals surface area (Å²) in [5.41, 5.74) is 1.93. The second-order valence-electron chi connectivity index (χ2n) is 7.11. The van der Waals surface area contributed by atoms with E-state index >= 15 is 0 Å². The van der Waals surface area contributed by atoms with Crippen LogP contribution in [0.4, 0.5) is 4.79 Å². The number of furan rings is 1. The van der Waals surface area contributed by atoms with Gasteiger partial charge in [-0.3, -0.25) is 0 Å². The lowest BCUT2D eigenvalue weighted by Gasteiger charge is -2.21. The number of nitrogens with one attached hydrogen (secondary N) is 2. The number of carbonyl (C=O) groups excluding carboxylic acids is 1. The summed E-state index contributed by atoms with van der Waals surface area (Å²) >= 11 is 0. The lowest BCUT2D eigenvalue weighted by molar-refractivity contribution is 0.231. The fourth-order valence-electron chi connectivity index (χ4n) is 3.38. The van der Waals surface area contributed by atoms with Crippen LogP contribution in [0.25, 0.3) is 11.0 Å². The molecule has 0 bridgehead atoms. The molecule has 1 aliphatic rings. The van der Waals surface area contributed by atoms with Crippen LogP contribution in [0.2, 0.25) is 0 Å².